The van der Waals surface area contributed by atoms with E-state index in [0.29, 0.717) is 0 Å². The van der Waals surface area contributed by atoms with E-state index in [1.165, 1.54) is 0 Å². The van der Waals surface area contributed by atoms with E-state index in [9.17, 15) is 22.8 Å². The van der Waals surface area contributed by atoms with E-state index < -0.39 is 36.9 Å². The molecule has 7 heteroatoms. The van der Waals surface area contributed by atoms with E-state index in [2.05, 4.69) is 5.32 Å². The lowest BCUT2D eigenvalue weighted by Gasteiger charge is -2.09. The van der Waals surface area contributed by atoms with Gasteiger partial charge in [-0.3, -0.25) is 9.59 Å². The van der Waals surface area contributed by atoms with Gasteiger partial charge < -0.3 is 11.1 Å². The largest absolute Gasteiger partial charge is 0.390 e. The van der Waals surface area contributed by atoms with Gasteiger partial charge in [-0.15, -0.1) is 0 Å². The summed E-state index contributed by atoms with van der Waals surface area (Å²) in [6.07, 6.45) is -5.08. The number of alkyl halides is 3. The van der Waals surface area contributed by atoms with Gasteiger partial charge in [-0.2, -0.15) is 13.2 Å². The Hall–Kier alpha value is -1.27. The van der Waals surface area contributed by atoms with E-state index in [-0.39, 0.29) is 12.8 Å². The van der Waals surface area contributed by atoms with Gasteiger partial charge in [0.15, 0.2) is 0 Å². The molecule has 0 saturated heterocycles. The topological polar surface area (TPSA) is 72.2 Å². The van der Waals surface area contributed by atoms with Crippen molar-refractivity contribution >= 4 is 11.8 Å². The minimum atomic E-state index is -4.27. The first-order valence-electron chi connectivity index (χ1n) is 4.85. The average molecular weight is 240 g/mol. The van der Waals surface area contributed by atoms with Crippen molar-refractivity contribution in [3.05, 3.63) is 0 Å². The van der Waals surface area contributed by atoms with Crippen LogP contribution in [0.1, 0.15) is 26.2 Å². The second-order valence-corrected chi connectivity index (χ2v) is 3.56. The molecule has 3 N–H and O–H groups in total. The van der Waals surface area contributed by atoms with Crippen molar-refractivity contribution in [3.63, 3.8) is 0 Å². The van der Waals surface area contributed by atoms with Crippen molar-refractivity contribution in [3.8, 4) is 0 Å². The quantitative estimate of drug-likeness (QED) is 0.725. The molecule has 0 spiro atoms. The van der Waals surface area contributed by atoms with Gasteiger partial charge in [0.2, 0.25) is 11.8 Å². The average Bonchev–Trinajstić information content (AvgIpc) is 2.11. The lowest BCUT2D eigenvalue weighted by atomic mass is 10.1. The summed E-state index contributed by atoms with van der Waals surface area (Å²) in [6, 6.07) is 0. The van der Waals surface area contributed by atoms with E-state index >= 15 is 0 Å². The van der Waals surface area contributed by atoms with Gasteiger partial charge in [0.05, 0.1) is 6.42 Å². The third-order valence-electron chi connectivity index (χ3n) is 2.02. The van der Waals surface area contributed by atoms with Gasteiger partial charge in [0.25, 0.3) is 0 Å². The summed E-state index contributed by atoms with van der Waals surface area (Å²) >= 11 is 0. The molecule has 2 amide bonds. The van der Waals surface area contributed by atoms with Gasteiger partial charge in [-0.25, -0.2) is 0 Å². The minimum absolute atomic E-state index is 0.00195. The summed E-state index contributed by atoms with van der Waals surface area (Å²) < 4.78 is 35.1. The number of amides is 2. The molecule has 1 atom stereocenters. The summed E-state index contributed by atoms with van der Waals surface area (Å²) in [5.74, 6) is -1.48. The zero-order chi connectivity index (χ0) is 12.8. The Labute approximate surface area is 91.4 Å². The molecule has 4 nitrogen and oxygen atoms in total. The summed E-state index contributed by atoms with van der Waals surface area (Å²) in [5.41, 5.74) is 4.96. The molecule has 0 aromatic heterocycles. The Morgan fingerprint density at radius 3 is 2.38 bits per heavy atom. The van der Waals surface area contributed by atoms with Crippen molar-refractivity contribution in [2.24, 2.45) is 11.7 Å². The summed E-state index contributed by atoms with van der Waals surface area (Å²) in [7, 11) is 0. The molecule has 0 saturated carbocycles. The second kappa shape index (κ2) is 6.34. The van der Waals surface area contributed by atoms with Gasteiger partial charge in [0, 0.05) is 18.9 Å². The van der Waals surface area contributed by atoms with Crippen molar-refractivity contribution in [2.75, 3.05) is 6.54 Å². The molecular weight excluding hydrogens is 225 g/mol. The zero-order valence-corrected chi connectivity index (χ0v) is 8.93. The number of hydrogen-bond donors (Lipinski definition) is 2. The summed E-state index contributed by atoms with van der Waals surface area (Å²) in [4.78, 5) is 21.6. The molecule has 0 aliphatic rings. The van der Waals surface area contributed by atoms with Crippen LogP contribution in [-0.4, -0.2) is 24.5 Å². The molecule has 0 rings (SSSR count). The number of rotatable bonds is 6. The first kappa shape index (κ1) is 14.7. The van der Waals surface area contributed by atoms with Crippen molar-refractivity contribution in [1.29, 1.82) is 0 Å². The first-order chi connectivity index (χ1) is 7.22. The number of primary amides is 1. The van der Waals surface area contributed by atoms with Crippen LogP contribution in [0.25, 0.3) is 0 Å². The Bertz CT molecular complexity index is 254. The maximum absolute atomic E-state index is 11.7. The van der Waals surface area contributed by atoms with Crippen LogP contribution in [0.4, 0.5) is 13.2 Å². The molecule has 0 bridgehead atoms. The van der Waals surface area contributed by atoms with Crippen LogP contribution in [0, 0.1) is 5.92 Å². The molecule has 0 fully saturated rings. The molecular formula is C9H15F3N2O2. The fourth-order valence-corrected chi connectivity index (χ4v) is 0.922. The van der Waals surface area contributed by atoms with Gasteiger partial charge in [0.1, 0.15) is 0 Å². The standard InChI is InChI=1S/C9H15F3N2O2/c1-6(8(13)16)2-3-7(15)14-5-4-9(10,11)12/h6H,2-5H2,1H3,(H2,13,16)(H,14,15)/t6-/m0/s1. The van der Waals surface area contributed by atoms with Crippen LogP contribution in [-0.2, 0) is 9.59 Å². The molecule has 16 heavy (non-hydrogen) atoms. The van der Waals surface area contributed by atoms with Crippen LogP contribution in [0.15, 0.2) is 0 Å². The Balaban J connectivity index is 3.64. The Kier molecular flexibility index (Phi) is 5.84. The summed E-state index contributed by atoms with van der Waals surface area (Å²) in [5, 5.41) is 2.12. The van der Waals surface area contributed by atoms with Crippen molar-refractivity contribution < 1.29 is 22.8 Å². The molecule has 0 aromatic rings. The smallest absolute Gasteiger partial charge is 0.369 e. The van der Waals surface area contributed by atoms with E-state index in [1.54, 1.807) is 6.92 Å². The predicted molar refractivity (Wildman–Crippen MR) is 51.3 cm³/mol. The maximum Gasteiger partial charge on any atom is 0.390 e. The van der Waals surface area contributed by atoms with Crippen LogP contribution >= 0.6 is 0 Å². The van der Waals surface area contributed by atoms with E-state index in [4.69, 9.17) is 5.73 Å². The number of nitrogens with two attached hydrogens (primary N) is 1. The molecule has 0 unspecified atom stereocenters. The molecule has 0 radical (unpaired) electrons. The van der Waals surface area contributed by atoms with Gasteiger partial charge in [-0.05, 0) is 6.42 Å². The lowest BCUT2D eigenvalue weighted by Crippen LogP contribution is -2.29. The SMILES string of the molecule is C[C@@H](CCC(=O)NCCC(F)(F)F)C(N)=O. The Morgan fingerprint density at radius 2 is 1.94 bits per heavy atom. The number of nitrogens with one attached hydrogen (secondary N) is 1. The summed E-state index contributed by atoms with van der Waals surface area (Å²) in [6.45, 7) is 1.12. The highest BCUT2D eigenvalue weighted by Gasteiger charge is 2.26. The molecule has 0 aliphatic carbocycles. The zero-order valence-electron chi connectivity index (χ0n) is 8.93. The van der Waals surface area contributed by atoms with Gasteiger partial charge >= 0.3 is 6.18 Å². The number of halogens is 3. The third-order valence-corrected chi connectivity index (χ3v) is 2.02. The van der Waals surface area contributed by atoms with Crippen molar-refractivity contribution in [1.82, 2.24) is 5.32 Å². The maximum atomic E-state index is 11.7. The van der Waals surface area contributed by atoms with Crippen LogP contribution in [0.2, 0.25) is 0 Å². The number of carbonyl (C=O) groups is 2. The molecule has 0 aliphatic heterocycles. The number of carbonyl (C=O) groups excluding carboxylic acids is 2. The highest BCUT2D eigenvalue weighted by molar-refractivity contribution is 5.79. The first-order valence-corrected chi connectivity index (χ1v) is 4.85. The molecule has 0 heterocycles. The van der Waals surface area contributed by atoms with Crippen LogP contribution in [0.5, 0.6) is 0 Å². The van der Waals surface area contributed by atoms with E-state index in [0.717, 1.165) is 0 Å². The van der Waals surface area contributed by atoms with E-state index in [1.807, 2.05) is 0 Å². The third kappa shape index (κ3) is 8.07. The van der Waals surface area contributed by atoms with Crippen LogP contribution in [0.3, 0.4) is 0 Å². The number of hydrogen-bond acceptors (Lipinski definition) is 2. The van der Waals surface area contributed by atoms with Crippen LogP contribution < -0.4 is 11.1 Å². The molecule has 0 aromatic carbocycles. The monoisotopic (exact) mass is 240 g/mol. The second-order valence-electron chi connectivity index (χ2n) is 3.56. The fraction of sp³-hybridized carbons (Fsp3) is 0.778. The lowest BCUT2D eigenvalue weighted by molar-refractivity contribution is -0.135. The highest BCUT2D eigenvalue weighted by Crippen LogP contribution is 2.18. The molecule has 94 valence electrons. The minimum Gasteiger partial charge on any atom is -0.369 e. The highest BCUT2D eigenvalue weighted by atomic mass is 19.4. The Morgan fingerprint density at radius 1 is 1.38 bits per heavy atom. The fourth-order valence-electron chi connectivity index (χ4n) is 0.922. The normalized spacial score (nSPS) is 13.2. The van der Waals surface area contributed by atoms with Gasteiger partial charge in [-0.1, -0.05) is 6.92 Å². The van der Waals surface area contributed by atoms with Crippen molar-refractivity contribution in [2.45, 2.75) is 32.4 Å². The predicted octanol–water partition coefficient (Wildman–Crippen LogP) is 0.957.